The Morgan fingerprint density at radius 1 is 0.900 bits per heavy atom. The van der Waals surface area contributed by atoms with Gasteiger partial charge >= 0.3 is 0 Å². The number of rotatable bonds is 3. The van der Waals surface area contributed by atoms with Gasteiger partial charge in [0.1, 0.15) is 11.6 Å². The second-order valence-electron chi connectivity index (χ2n) is 9.04. The maximum Gasteiger partial charge on any atom is 0.128 e. The SMILES string of the molecule is CC1CCN(c2ccc([C@@H]3c4ccc(O)cc4CC[C@@H]3c3ccccc3)cn2)CC1. The first kappa shape index (κ1) is 19.2. The zero-order valence-corrected chi connectivity index (χ0v) is 17.7. The van der Waals surface area contributed by atoms with Gasteiger partial charge in [0.05, 0.1) is 0 Å². The molecule has 1 N–H and O–H groups in total. The van der Waals surface area contributed by atoms with E-state index in [1.54, 1.807) is 0 Å². The quantitative estimate of drug-likeness (QED) is 0.598. The number of aromatic nitrogens is 1. The number of benzene rings is 2. The third-order valence-corrected chi connectivity index (χ3v) is 7.05. The van der Waals surface area contributed by atoms with Crippen molar-refractivity contribution in [2.24, 2.45) is 5.92 Å². The number of fused-ring (bicyclic) bond motifs is 1. The Bertz CT molecular complexity index is 991. The van der Waals surface area contributed by atoms with Crippen LogP contribution in [0.1, 0.15) is 60.3 Å². The maximum atomic E-state index is 10.0. The number of phenols is 1. The van der Waals surface area contributed by atoms with Gasteiger partial charge in [-0.3, -0.25) is 0 Å². The second-order valence-corrected chi connectivity index (χ2v) is 9.04. The van der Waals surface area contributed by atoms with E-state index in [0.29, 0.717) is 11.7 Å². The molecule has 3 nitrogen and oxygen atoms in total. The number of nitrogens with zero attached hydrogens (tertiary/aromatic N) is 2. The zero-order chi connectivity index (χ0) is 20.5. The predicted octanol–water partition coefficient (Wildman–Crippen LogP) is 5.89. The van der Waals surface area contributed by atoms with Crippen molar-refractivity contribution in [3.63, 3.8) is 0 Å². The third kappa shape index (κ3) is 3.69. The molecule has 5 rings (SSSR count). The molecule has 0 amide bonds. The van der Waals surface area contributed by atoms with Crippen molar-refractivity contribution >= 4 is 5.82 Å². The minimum atomic E-state index is 0.264. The molecule has 0 unspecified atom stereocenters. The van der Waals surface area contributed by atoms with Gasteiger partial charge in [0.15, 0.2) is 0 Å². The minimum absolute atomic E-state index is 0.264. The van der Waals surface area contributed by atoms with Crippen LogP contribution in [0, 0.1) is 5.92 Å². The molecular weight excluding hydrogens is 368 g/mol. The molecule has 3 aromatic rings. The van der Waals surface area contributed by atoms with Crippen LogP contribution < -0.4 is 4.90 Å². The number of aromatic hydroxyl groups is 1. The lowest BCUT2D eigenvalue weighted by atomic mass is 9.69. The molecule has 0 saturated carbocycles. The van der Waals surface area contributed by atoms with Gasteiger partial charge in [-0.2, -0.15) is 0 Å². The molecule has 2 aliphatic rings. The van der Waals surface area contributed by atoms with Crippen LogP contribution in [0.2, 0.25) is 0 Å². The van der Waals surface area contributed by atoms with Crippen LogP contribution in [0.3, 0.4) is 0 Å². The predicted molar refractivity (Wildman–Crippen MR) is 122 cm³/mol. The van der Waals surface area contributed by atoms with E-state index in [0.717, 1.165) is 37.7 Å². The van der Waals surface area contributed by atoms with Gasteiger partial charge < -0.3 is 10.0 Å². The van der Waals surface area contributed by atoms with E-state index >= 15 is 0 Å². The fourth-order valence-electron chi connectivity index (χ4n) is 5.28. The molecule has 1 saturated heterocycles. The highest BCUT2D eigenvalue weighted by Gasteiger charge is 2.32. The summed E-state index contributed by atoms with van der Waals surface area (Å²) in [6.07, 6.45) is 6.67. The number of hydrogen-bond acceptors (Lipinski definition) is 3. The molecule has 2 aromatic carbocycles. The Hall–Kier alpha value is -2.81. The summed E-state index contributed by atoms with van der Waals surface area (Å²) in [5.41, 5.74) is 5.25. The van der Waals surface area contributed by atoms with Crippen molar-refractivity contribution < 1.29 is 5.11 Å². The lowest BCUT2D eigenvalue weighted by Crippen LogP contribution is -2.33. The number of aryl methyl sites for hydroxylation is 1. The topological polar surface area (TPSA) is 36.4 Å². The van der Waals surface area contributed by atoms with Gasteiger partial charge in [-0.25, -0.2) is 4.98 Å². The number of pyridine rings is 1. The first-order valence-electron chi connectivity index (χ1n) is 11.3. The second kappa shape index (κ2) is 8.14. The molecule has 0 bridgehead atoms. The standard InChI is InChI=1S/C27H30N2O/c1-19-13-15-29(16-14-19)26-12-8-22(18-28-26)27-24(20-5-3-2-4-6-20)10-7-21-17-23(30)9-11-25(21)27/h2-6,8-9,11-12,17-19,24,27,30H,7,10,13-16H2,1H3/t24-,27+/m1/s1. The van der Waals surface area contributed by atoms with Crippen molar-refractivity contribution in [2.75, 3.05) is 18.0 Å². The van der Waals surface area contributed by atoms with Gasteiger partial charge in [0, 0.05) is 25.2 Å². The highest BCUT2D eigenvalue weighted by Crippen LogP contribution is 2.46. The lowest BCUT2D eigenvalue weighted by Gasteiger charge is -2.35. The van der Waals surface area contributed by atoms with Gasteiger partial charge in [-0.05, 0) is 78.0 Å². The van der Waals surface area contributed by atoms with E-state index in [-0.39, 0.29) is 5.92 Å². The van der Waals surface area contributed by atoms with Crippen molar-refractivity contribution in [3.8, 4) is 5.75 Å². The molecule has 30 heavy (non-hydrogen) atoms. The van der Waals surface area contributed by atoms with Crippen molar-refractivity contribution in [1.82, 2.24) is 4.98 Å². The fourth-order valence-corrected chi connectivity index (χ4v) is 5.28. The molecule has 1 aromatic heterocycles. The summed E-state index contributed by atoms with van der Waals surface area (Å²) in [6, 6.07) is 21.2. The maximum absolute atomic E-state index is 10.0. The summed E-state index contributed by atoms with van der Waals surface area (Å²) < 4.78 is 0. The smallest absolute Gasteiger partial charge is 0.128 e. The highest BCUT2D eigenvalue weighted by atomic mass is 16.3. The molecule has 0 radical (unpaired) electrons. The average Bonchev–Trinajstić information content (AvgIpc) is 2.79. The summed E-state index contributed by atoms with van der Waals surface area (Å²) in [5.74, 6) is 2.97. The summed E-state index contributed by atoms with van der Waals surface area (Å²) in [7, 11) is 0. The van der Waals surface area contributed by atoms with Gasteiger partial charge in [0.25, 0.3) is 0 Å². The summed E-state index contributed by atoms with van der Waals surface area (Å²) >= 11 is 0. The number of phenolic OH excluding ortho intramolecular Hbond substituents is 1. The Morgan fingerprint density at radius 2 is 1.70 bits per heavy atom. The molecule has 0 spiro atoms. The molecule has 2 atom stereocenters. The molecule has 1 fully saturated rings. The first-order valence-corrected chi connectivity index (χ1v) is 11.3. The zero-order valence-electron chi connectivity index (χ0n) is 17.7. The van der Waals surface area contributed by atoms with Crippen LogP contribution in [-0.2, 0) is 6.42 Å². The van der Waals surface area contributed by atoms with E-state index in [9.17, 15) is 5.11 Å². The van der Waals surface area contributed by atoms with Crippen molar-refractivity contribution in [3.05, 3.63) is 89.1 Å². The Morgan fingerprint density at radius 3 is 2.43 bits per heavy atom. The normalized spacial score (nSPS) is 22.0. The summed E-state index contributed by atoms with van der Waals surface area (Å²) in [5, 5.41) is 10.0. The minimum Gasteiger partial charge on any atom is -0.508 e. The Kier molecular flexibility index (Phi) is 5.20. The van der Waals surface area contributed by atoms with E-state index < -0.39 is 0 Å². The summed E-state index contributed by atoms with van der Waals surface area (Å²) in [6.45, 7) is 4.55. The van der Waals surface area contributed by atoms with Crippen LogP contribution in [0.25, 0.3) is 0 Å². The van der Waals surface area contributed by atoms with E-state index in [4.69, 9.17) is 4.98 Å². The monoisotopic (exact) mass is 398 g/mol. The van der Waals surface area contributed by atoms with Crippen LogP contribution in [0.5, 0.6) is 5.75 Å². The first-order chi connectivity index (χ1) is 14.7. The average molecular weight is 399 g/mol. The fraction of sp³-hybridized carbons (Fsp3) is 0.370. The molecule has 2 heterocycles. The van der Waals surface area contributed by atoms with Gasteiger partial charge in [-0.15, -0.1) is 0 Å². The molecule has 1 aliphatic heterocycles. The Labute approximate surface area is 179 Å². The number of hydrogen-bond donors (Lipinski definition) is 1. The lowest BCUT2D eigenvalue weighted by molar-refractivity contribution is 0.436. The third-order valence-electron chi connectivity index (χ3n) is 7.05. The largest absolute Gasteiger partial charge is 0.508 e. The van der Waals surface area contributed by atoms with Crippen molar-refractivity contribution in [1.29, 1.82) is 0 Å². The molecule has 1 aliphatic carbocycles. The van der Waals surface area contributed by atoms with Gasteiger partial charge in [-0.1, -0.05) is 49.4 Å². The summed E-state index contributed by atoms with van der Waals surface area (Å²) in [4.78, 5) is 7.32. The van der Waals surface area contributed by atoms with Gasteiger partial charge in [0.2, 0.25) is 0 Å². The van der Waals surface area contributed by atoms with Crippen molar-refractivity contribution in [2.45, 2.75) is 44.4 Å². The molecule has 154 valence electrons. The van der Waals surface area contributed by atoms with E-state index in [1.807, 2.05) is 12.1 Å². The van der Waals surface area contributed by atoms with Crippen LogP contribution in [-0.4, -0.2) is 23.2 Å². The van der Waals surface area contributed by atoms with E-state index in [2.05, 4.69) is 66.6 Å². The van der Waals surface area contributed by atoms with Crippen LogP contribution in [0.15, 0.2) is 66.9 Å². The number of anilines is 1. The van der Waals surface area contributed by atoms with Crippen LogP contribution in [0.4, 0.5) is 5.82 Å². The number of piperidine rings is 1. The molecular formula is C27H30N2O. The molecule has 3 heteroatoms. The highest BCUT2D eigenvalue weighted by molar-refractivity contribution is 5.49. The Balaban J connectivity index is 1.50. The van der Waals surface area contributed by atoms with Crippen LogP contribution >= 0.6 is 0 Å². The van der Waals surface area contributed by atoms with E-state index in [1.165, 1.54) is 35.1 Å².